The lowest BCUT2D eigenvalue weighted by molar-refractivity contribution is -0.119. The molecule has 1 rings (SSSR count). The van der Waals surface area contributed by atoms with Gasteiger partial charge in [-0.2, -0.15) is 0 Å². The first kappa shape index (κ1) is 22.8. The van der Waals surface area contributed by atoms with E-state index in [0.717, 1.165) is 31.0 Å². The minimum absolute atomic E-state index is 0.121. The summed E-state index contributed by atoms with van der Waals surface area (Å²) in [7, 11) is 1.76. The van der Waals surface area contributed by atoms with Crippen LogP contribution in [0.25, 0.3) is 0 Å². The van der Waals surface area contributed by atoms with Gasteiger partial charge in [-0.1, -0.05) is 12.1 Å². The summed E-state index contributed by atoms with van der Waals surface area (Å²) in [5, 5.41) is 6.64. The van der Waals surface area contributed by atoms with Crippen LogP contribution >= 0.6 is 0 Å². The summed E-state index contributed by atoms with van der Waals surface area (Å²) in [6, 6.07) is 8.65. The van der Waals surface area contributed by atoms with Gasteiger partial charge in [0.25, 0.3) is 5.91 Å². The molecule has 1 aromatic carbocycles. The highest BCUT2D eigenvalue weighted by Crippen LogP contribution is 2.13. The number of carbonyl (C=O) groups is 1. The standard InChI is InChI=1S/C20H35N5O2/c1-15(2)25(16(3)4)11-7-10-23-20(22-5)24-13-17-8-6-9-18(12-17)27-14-19(21)26/h6,8-9,12,15-16H,7,10-11,13-14H2,1-5H3,(H2,21,26)(H2,22,23,24). The Bertz CT molecular complexity index is 594. The van der Waals surface area contributed by atoms with Crippen LogP contribution in [0.5, 0.6) is 5.75 Å². The number of amides is 1. The average molecular weight is 378 g/mol. The number of guanidine groups is 1. The maximum Gasteiger partial charge on any atom is 0.255 e. The molecular weight excluding hydrogens is 342 g/mol. The summed E-state index contributed by atoms with van der Waals surface area (Å²) in [5.74, 6) is 0.897. The lowest BCUT2D eigenvalue weighted by atomic mass is 10.2. The van der Waals surface area contributed by atoms with E-state index in [4.69, 9.17) is 10.5 Å². The second-order valence-electron chi connectivity index (χ2n) is 7.03. The van der Waals surface area contributed by atoms with Gasteiger partial charge in [-0.05, 0) is 51.8 Å². The third kappa shape index (κ3) is 9.28. The number of carbonyl (C=O) groups excluding carboxylic acids is 1. The van der Waals surface area contributed by atoms with Crippen molar-refractivity contribution >= 4 is 11.9 Å². The Morgan fingerprint density at radius 2 is 1.93 bits per heavy atom. The van der Waals surface area contributed by atoms with Gasteiger partial charge < -0.3 is 21.1 Å². The molecule has 0 saturated heterocycles. The Kier molecular flexibility index (Phi) is 10.3. The molecule has 0 radical (unpaired) electrons. The molecular formula is C20H35N5O2. The molecule has 0 spiro atoms. The number of nitrogens with two attached hydrogens (primary N) is 1. The van der Waals surface area contributed by atoms with Crippen molar-refractivity contribution in [1.29, 1.82) is 0 Å². The SMILES string of the molecule is CN=C(NCCCN(C(C)C)C(C)C)NCc1cccc(OCC(N)=O)c1. The number of nitrogens with zero attached hydrogens (tertiary/aromatic N) is 2. The van der Waals surface area contributed by atoms with E-state index in [1.807, 2.05) is 18.2 Å². The topological polar surface area (TPSA) is 92.0 Å². The van der Waals surface area contributed by atoms with E-state index in [2.05, 4.69) is 48.2 Å². The van der Waals surface area contributed by atoms with Gasteiger partial charge in [0.2, 0.25) is 0 Å². The Balaban J connectivity index is 2.40. The summed E-state index contributed by atoms with van der Waals surface area (Å²) in [6.07, 6.45) is 1.05. The fourth-order valence-corrected chi connectivity index (χ4v) is 2.89. The van der Waals surface area contributed by atoms with Crippen molar-refractivity contribution in [1.82, 2.24) is 15.5 Å². The second kappa shape index (κ2) is 12.2. The van der Waals surface area contributed by atoms with Crippen LogP contribution < -0.4 is 21.1 Å². The molecule has 0 aliphatic rings. The van der Waals surface area contributed by atoms with Crippen LogP contribution in [0, 0.1) is 0 Å². The van der Waals surface area contributed by atoms with Crippen molar-refractivity contribution in [2.75, 3.05) is 26.7 Å². The van der Waals surface area contributed by atoms with E-state index in [1.165, 1.54) is 0 Å². The Hall–Kier alpha value is -2.28. The number of benzene rings is 1. The Labute approximate surface area is 163 Å². The van der Waals surface area contributed by atoms with Gasteiger partial charge >= 0.3 is 0 Å². The highest BCUT2D eigenvalue weighted by molar-refractivity contribution is 5.79. The Morgan fingerprint density at radius 3 is 2.52 bits per heavy atom. The number of aliphatic imine (C=N–C) groups is 1. The predicted octanol–water partition coefficient (Wildman–Crippen LogP) is 1.72. The molecule has 27 heavy (non-hydrogen) atoms. The zero-order valence-corrected chi connectivity index (χ0v) is 17.3. The number of hydrogen-bond donors (Lipinski definition) is 3. The van der Waals surface area contributed by atoms with Crippen molar-refractivity contribution in [3.63, 3.8) is 0 Å². The van der Waals surface area contributed by atoms with E-state index in [9.17, 15) is 4.79 Å². The second-order valence-corrected chi connectivity index (χ2v) is 7.03. The van der Waals surface area contributed by atoms with Crippen LogP contribution in [-0.4, -0.2) is 55.6 Å². The molecule has 4 N–H and O–H groups in total. The largest absolute Gasteiger partial charge is 0.484 e. The van der Waals surface area contributed by atoms with Gasteiger partial charge in [-0.15, -0.1) is 0 Å². The normalized spacial score (nSPS) is 11.9. The summed E-state index contributed by atoms with van der Waals surface area (Å²) >= 11 is 0. The molecule has 0 aliphatic heterocycles. The molecule has 152 valence electrons. The van der Waals surface area contributed by atoms with Crippen LogP contribution in [-0.2, 0) is 11.3 Å². The first-order chi connectivity index (χ1) is 12.8. The van der Waals surface area contributed by atoms with Gasteiger partial charge in [0.1, 0.15) is 5.75 Å². The molecule has 7 nitrogen and oxygen atoms in total. The van der Waals surface area contributed by atoms with Crippen LogP contribution in [0.1, 0.15) is 39.7 Å². The molecule has 0 bridgehead atoms. The van der Waals surface area contributed by atoms with E-state index < -0.39 is 5.91 Å². The van der Waals surface area contributed by atoms with Crippen molar-refractivity contribution < 1.29 is 9.53 Å². The van der Waals surface area contributed by atoms with Crippen LogP contribution in [0.3, 0.4) is 0 Å². The highest BCUT2D eigenvalue weighted by Gasteiger charge is 2.12. The zero-order chi connectivity index (χ0) is 20.2. The first-order valence-electron chi connectivity index (χ1n) is 9.53. The molecule has 7 heteroatoms. The lowest BCUT2D eigenvalue weighted by Gasteiger charge is -2.30. The van der Waals surface area contributed by atoms with Crippen LogP contribution in [0.2, 0.25) is 0 Å². The summed E-state index contributed by atoms with van der Waals surface area (Å²) in [5.41, 5.74) is 6.13. The number of nitrogens with one attached hydrogen (secondary N) is 2. The zero-order valence-electron chi connectivity index (χ0n) is 17.3. The summed E-state index contributed by atoms with van der Waals surface area (Å²) < 4.78 is 5.33. The third-order valence-corrected chi connectivity index (χ3v) is 4.18. The maximum absolute atomic E-state index is 10.8. The number of hydrogen-bond acceptors (Lipinski definition) is 4. The fourth-order valence-electron chi connectivity index (χ4n) is 2.89. The average Bonchev–Trinajstić information content (AvgIpc) is 2.62. The van der Waals surface area contributed by atoms with Crippen molar-refractivity contribution in [2.45, 2.75) is 52.7 Å². The minimum atomic E-state index is -0.489. The Morgan fingerprint density at radius 1 is 1.22 bits per heavy atom. The highest BCUT2D eigenvalue weighted by atomic mass is 16.5. The van der Waals surface area contributed by atoms with Crippen molar-refractivity contribution in [2.24, 2.45) is 10.7 Å². The summed E-state index contributed by atoms with van der Waals surface area (Å²) in [4.78, 5) is 17.6. The van der Waals surface area contributed by atoms with Crippen LogP contribution in [0.15, 0.2) is 29.3 Å². The molecule has 0 fully saturated rings. The predicted molar refractivity (Wildman–Crippen MR) is 111 cm³/mol. The van der Waals surface area contributed by atoms with E-state index in [0.29, 0.717) is 24.4 Å². The summed E-state index contributed by atoms with van der Waals surface area (Å²) in [6.45, 7) is 11.3. The monoisotopic (exact) mass is 377 g/mol. The molecule has 0 heterocycles. The van der Waals surface area contributed by atoms with Crippen molar-refractivity contribution in [3.05, 3.63) is 29.8 Å². The first-order valence-corrected chi connectivity index (χ1v) is 9.53. The molecule has 1 amide bonds. The number of ether oxygens (including phenoxy) is 1. The van der Waals surface area contributed by atoms with Crippen LogP contribution in [0.4, 0.5) is 0 Å². The minimum Gasteiger partial charge on any atom is -0.484 e. The van der Waals surface area contributed by atoms with Gasteiger partial charge in [-0.25, -0.2) is 0 Å². The molecule has 0 atom stereocenters. The van der Waals surface area contributed by atoms with Crippen molar-refractivity contribution in [3.8, 4) is 5.75 Å². The molecule has 0 saturated carbocycles. The quantitative estimate of drug-likeness (QED) is 0.310. The fraction of sp³-hybridized carbons (Fsp3) is 0.600. The van der Waals surface area contributed by atoms with Gasteiger partial charge in [0.05, 0.1) is 0 Å². The maximum atomic E-state index is 10.8. The number of rotatable bonds is 11. The molecule has 0 unspecified atom stereocenters. The van der Waals surface area contributed by atoms with Gasteiger partial charge in [-0.3, -0.25) is 14.7 Å². The van der Waals surface area contributed by atoms with E-state index in [1.54, 1.807) is 13.1 Å². The molecule has 0 aliphatic carbocycles. The van der Waals surface area contributed by atoms with E-state index in [-0.39, 0.29) is 6.61 Å². The van der Waals surface area contributed by atoms with E-state index >= 15 is 0 Å². The lowest BCUT2D eigenvalue weighted by Crippen LogP contribution is -2.41. The smallest absolute Gasteiger partial charge is 0.255 e. The molecule has 1 aromatic rings. The van der Waals surface area contributed by atoms with Gasteiger partial charge in [0.15, 0.2) is 12.6 Å². The van der Waals surface area contributed by atoms with Gasteiger partial charge in [0, 0.05) is 38.8 Å². The molecule has 0 aromatic heterocycles. The third-order valence-electron chi connectivity index (χ3n) is 4.18. The number of primary amides is 1.